The molecule has 1 aromatic rings. The first-order chi connectivity index (χ1) is 12.6. The molecule has 0 atom stereocenters. The molecule has 4 bridgehead atoms. The Morgan fingerprint density at radius 1 is 1.08 bits per heavy atom. The second kappa shape index (κ2) is 6.48. The first-order valence-electron chi connectivity index (χ1n) is 9.65. The third-order valence-corrected chi connectivity index (χ3v) is 8.39. The van der Waals surface area contributed by atoms with E-state index in [9.17, 15) is 9.59 Å². The largest absolute Gasteiger partial charge is 0.353 e. The number of amides is 2. The number of anilines is 1. The number of aromatic nitrogens is 2. The van der Waals surface area contributed by atoms with Crippen molar-refractivity contribution in [2.75, 3.05) is 11.1 Å². The van der Waals surface area contributed by atoms with E-state index in [-0.39, 0.29) is 17.2 Å². The average Bonchev–Trinajstić information content (AvgIpc) is 3.28. The molecular weight excluding hydrogens is 368 g/mol. The van der Waals surface area contributed by atoms with Crippen LogP contribution in [0.2, 0.25) is 0 Å². The fourth-order valence-electron chi connectivity index (χ4n) is 5.56. The van der Waals surface area contributed by atoms with Crippen molar-refractivity contribution in [3.8, 4) is 0 Å². The molecule has 140 valence electrons. The predicted octanol–water partition coefficient (Wildman–Crippen LogP) is 3.06. The van der Waals surface area contributed by atoms with Crippen molar-refractivity contribution in [1.29, 1.82) is 0 Å². The lowest BCUT2D eigenvalue weighted by atomic mass is 9.49. The van der Waals surface area contributed by atoms with Gasteiger partial charge in [0, 0.05) is 6.04 Å². The van der Waals surface area contributed by atoms with Crippen LogP contribution in [0.5, 0.6) is 0 Å². The second-order valence-electron chi connectivity index (χ2n) is 8.66. The van der Waals surface area contributed by atoms with Gasteiger partial charge in [-0.15, -0.1) is 10.2 Å². The molecule has 0 aliphatic heterocycles. The Balaban J connectivity index is 1.18. The maximum absolute atomic E-state index is 13.0. The molecular formula is C18H24N4O2S2. The highest BCUT2D eigenvalue weighted by Crippen LogP contribution is 2.60. The number of nitrogens with zero attached hydrogens (tertiary/aromatic N) is 2. The third kappa shape index (κ3) is 3.38. The summed E-state index contributed by atoms with van der Waals surface area (Å²) in [6.45, 7) is 0. The Morgan fingerprint density at radius 2 is 1.73 bits per heavy atom. The van der Waals surface area contributed by atoms with E-state index >= 15 is 0 Å². The Kier molecular flexibility index (Phi) is 4.23. The molecule has 5 fully saturated rings. The van der Waals surface area contributed by atoms with Gasteiger partial charge in [0.05, 0.1) is 11.2 Å². The van der Waals surface area contributed by atoms with Gasteiger partial charge in [-0.3, -0.25) is 9.59 Å². The van der Waals surface area contributed by atoms with Crippen molar-refractivity contribution in [3.05, 3.63) is 0 Å². The summed E-state index contributed by atoms with van der Waals surface area (Å²) in [7, 11) is 0. The average molecular weight is 393 g/mol. The van der Waals surface area contributed by atoms with Crippen LogP contribution < -0.4 is 10.6 Å². The van der Waals surface area contributed by atoms with Gasteiger partial charge in [-0.1, -0.05) is 23.1 Å². The smallest absolute Gasteiger partial charge is 0.232 e. The number of hydrogen-bond donors (Lipinski definition) is 2. The summed E-state index contributed by atoms with van der Waals surface area (Å²) >= 11 is 2.76. The predicted molar refractivity (Wildman–Crippen MR) is 101 cm³/mol. The first-order valence-corrected chi connectivity index (χ1v) is 11.5. The fraction of sp³-hybridized carbons (Fsp3) is 0.778. The van der Waals surface area contributed by atoms with Gasteiger partial charge in [0.25, 0.3) is 0 Å². The van der Waals surface area contributed by atoms with Crippen molar-refractivity contribution in [3.63, 3.8) is 0 Å². The quantitative estimate of drug-likeness (QED) is 0.574. The molecule has 6 rings (SSSR count). The summed E-state index contributed by atoms with van der Waals surface area (Å²) < 4.78 is 0.733. The van der Waals surface area contributed by atoms with E-state index < -0.39 is 0 Å². The lowest BCUT2D eigenvalue weighted by Gasteiger charge is -2.55. The minimum atomic E-state index is -0.169. The molecule has 6 nitrogen and oxygen atoms in total. The lowest BCUT2D eigenvalue weighted by Crippen LogP contribution is -2.51. The van der Waals surface area contributed by atoms with Crippen molar-refractivity contribution >= 4 is 40.0 Å². The summed E-state index contributed by atoms with van der Waals surface area (Å²) in [5.74, 6) is 2.80. The van der Waals surface area contributed by atoms with Crippen molar-refractivity contribution in [1.82, 2.24) is 15.5 Å². The summed E-state index contributed by atoms with van der Waals surface area (Å²) in [6, 6.07) is 0.382. The van der Waals surface area contributed by atoms with Crippen LogP contribution in [-0.4, -0.2) is 33.8 Å². The third-order valence-electron chi connectivity index (χ3n) is 6.42. The number of thioether (sulfide) groups is 1. The van der Waals surface area contributed by atoms with Crippen LogP contribution in [-0.2, 0) is 9.59 Å². The van der Waals surface area contributed by atoms with Gasteiger partial charge in [-0.2, -0.15) is 0 Å². The summed E-state index contributed by atoms with van der Waals surface area (Å²) in [4.78, 5) is 24.8. The van der Waals surface area contributed by atoms with Crippen LogP contribution in [0.15, 0.2) is 4.34 Å². The van der Waals surface area contributed by atoms with Crippen LogP contribution in [0.1, 0.15) is 51.4 Å². The highest BCUT2D eigenvalue weighted by molar-refractivity contribution is 8.01. The molecule has 2 amide bonds. The Bertz CT molecular complexity index is 695. The number of rotatable bonds is 6. The molecule has 8 heteroatoms. The molecule has 5 aliphatic carbocycles. The monoisotopic (exact) mass is 392 g/mol. The number of nitrogens with one attached hydrogen (secondary N) is 2. The number of carbonyl (C=O) groups excluding carboxylic acids is 2. The SMILES string of the molecule is O=C(CSc1nnc(NC(=O)C23CC4CC(CC(C4)C2)C3)s1)NC1CC1. The van der Waals surface area contributed by atoms with E-state index in [4.69, 9.17) is 0 Å². The number of carbonyl (C=O) groups is 2. The van der Waals surface area contributed by atoms with E-state index in [0.29, 0.717) is 16.9 Å². The highest BCUT2D eigenvalue weighted by atomic mass is 32.2. The molecule has 0 saturated heterocycles. The Morgan fingerprint density at radius 3 is 2.35 bits per heavy atom. The topological polar surface area (TPSA) is 84.0 Å². The van der Waals surface area contributed by atoms with Gasteiger partial charge >= 0.3 is 0 Å². The molecule has 0 aromatic carbocycles. The zero-order valence-electron chi connectivity index (χ0n) is 14.7. The Labute approximate surface area is 161 Å². The molecule has 2 N–H and O–H groups in total. The molecule has 5 aliphatic rings. The normalized spacial score (nSPS) is 34.7. The van der Waals surface area contributed by atoms with E-state index in [1.807, 2.05) is 0 Å². The van der Waals surface area contributed by atoms with Crippen LogP contribution in [0, 0.1) is 23.2 Å². The minimum Gasteiger partial charge on any atom is -0.353 e. The summed E-state index contributed by atoms with van der Waals surface area (Å²) in [6.07, 6.45) is 9.32. The van der Waals surface area contributed by atoms with Gasteiger partial charge in [-0.05, 0) is 69.1 Å². The molecule has 0 radical (unpaired) electrons. The molecule has 5 saturated carbocycles. The second-order valence-corrected chi connectivity index (χ2v) is 10.9. The van der Waals surface area contributed by atoms with Gasteiger partial charge in [0.2, 0.25) is 16.9 Å². The summed E-state index contributed by atoms with van der Waals surface area (Å²) in [5, 5.41) is 14.8. The fourth-order valence-corrected chi connectivity index (χ4v) is 7.12. The maximum Gasteiger partial charge on any atom is 0.232 e. The molecule has 1 heterocycles. The molecule has 26 heavy (non-hydrogen) atoms. The van der Waals surface area contributed by atoms with Crippen molar-refractivity contribution in [2.45, 2.75) is 61.7 Å². The van der Waals surface area contributed by atoms with Crippen LogP contribution >= 0.6 is 23.1 Å². The van der Waals surface area contributed by atoms with Crippen molar-refractivity contribution < 1.29 is 9.59 Å². The van der Waals surface area contributed by atoms with E-state index in [1.54, 1.807) is 0 Å². The Hall–Kier alpha value is -1.15. The van der Waals surface area contributed by atoms with Crippen LogP contribution in [0.3, 0.4) is 0 Å². The lowest BCUT2D eigenvalue weighted by molar-refractivity contribution is -0.140. The zero-order valence-corrected chi connectivity index (χ0v) is 16.3. The van der Waals surface area contributed by atoms with Crippen LogP contribution in [0.25, 0.3) is 0 Å². The molecule has 1 aromatic heterocycles. The van der Waals surface area contributed by atoms with Gasteiger partial charge in [0.15, 0.2) is 4.34 Å². The first kappa shape index (κ1) is 17.0. The zero-order chi connectivity index (χ0) is 17.7. The molecule has 0 spiro atoms. The number of hydrogen-bond acceptors (Lipinski definition) is 6. The van der Waals surface area contributed by atoms with Crippen molar-refractivity contribution in [2.24, 2.45) is 23.2 Å². The van der Waals surface area contributed by atoms with E-state index in [1.165, 1.54) is 42.4 Å². The summed E-state index contributed by atoms with van der Waals surface area (Å²) in [5.41, 5.74) is -0.169. The minimum absolute atomic E-state index is 0.0480. The van der Waals surface area contributed by atoms with E-state index in [0.717, 1.165) is 54.2 Å². The van der Waals surface area contributed by atoms with Gasteiger partial charge in [-0.25, -0.2) is 0 Å². The standard InChI is InChI=1S/C18H24N4O2S2/c23-14(19-13-1-2-13)9-25-17-22-21-16(26-17)20-15(24)18-6-10-3-11(7-18)5-12(4-10)8-18/h10-13H,1-9H2,(H,19,23)(H,20,21,24). The highest BCUT2D eigenvalue weighted by Gasteiger charge is 2.54. The van der Waals surface area contributed by atoms with Crippen LogP contribution in [0.4, 0.5) is 5.13 Å². The van der Waals surface area contributed by atoms with E-state index in [2.05, 4.69) is 20.8 Å². The molecule has 0 unspecified atom stereocenters. The van der Waals surface area contributed by atoms with Gasteiger partial charge in [0.1, 0.15) is 0 Å². The maximum atomic E-state index is 13.0. The van der Waals surface area contributed by atoms with Gasteiger partial charge < -0.3 is 10.6 Å².